The van der Waals surface area contributed by atoms with Gasteiger partial charge in [-0.3, -0.25) is 9.48 Å². The van der Waals surface area contributed by atoms with E-state index in [1.165, 1.54) is 6.20 Å². The van der Waals surface area contributed by atoms with E-state index in [0.29, 0.717) is 22.6 Å². The van der Waals surface area contributed by atoms with Crippen molar-refractivity contribution in [2.45, 2.75) is 6.92 Å². The summed E-state index contributed by atoms with van der Waals surface area (Å²) in [6.45, 7) is 2.08. The van der Waals surface area contributed by atoms with Gasteiger partial charge in [0.05, 0.1) is 22.9 Å². The van der Waals surface area contributed by atoms with E-state index in [0.717, 1.165) is 22.0 Å². The minimum atomic E-state index is -0.260. The minimum absolute atomic E-state index is 0.116. The fourth-order valence-electron chi connectivity index (χ4n) is 3.01. The SMILES string of the molecule is COCOc1c(-c2ccc3[nH]c(=O)cnc3n2)cc2cn(C)nc2c1C. The summed E-state index contributed by atoms with van der Waals surface area (Å²) in [6.07, 6.45) is 3.17. The lowest BCUT2D eigenvalue weighted by Crippen LogP contribution is -2.06. The average Bonchev–Trinajstić information content (AvgIpc) is 3.01. The molecule has 0 spiro atoms. The Balaban J connectivity index is 1.96. The van der Waals surface area contributed by atoms with Crippen molar-refractivity contribution in [2.75, 3.05) is 13.9 Å². The second kappa shape index (κ2) is 6.23. The molecule has 1 aromatic carbocycles. The van der Waals surface area contributed by atoms with Crippen LogP contribution in [-0.2, 0) is 11.8 Å². The second-order valence-electron chi connectivity index (χ2n) is 5.98. The summed E-state index contributed by atoms with van der Waals surface area (Å²) in [7, 11) is 3.45. The number of aryl methyl sites for hydroxylation is 2. The number of fused-ring (bicyclic) bond motifs is 2. The smallest absolute Gasteiger partial charge is 0.266 e. The highest BCUT2D eigenvalue weighted by Gasteiger charge is 2.17. The highest BCUT2D eigenvalue weighted by atomic mass is 16.7. The summed E-state index contributed by atoms with van der Waals surface area (Å²) in [5.74, 6) is 0.661. The molecule has 0 bridgehead atoms. The van der Waals surface area contributed by atoms with Gasteiger partial charge in [-0.2, -0.15) is 5.10 Å². The lowest BCUT2D eigenvalue weighted by Gasteiger charge is -2.14. The standard InChI is InChI=1S/C18H17N5O3/c1-10-16-11(8-23(2)22-16)6-12(17(10)26-9-25-3)13-4-5-14-18(21-13)19-7-15(24)20-14/h4-8H,9H2,1-3H3,(H,20,24). The number of hydrogen-bond donors (Lipinski definition) is 1. The average molecular weight is 351 g/mol. The van der Waals surface area contributed by atoms with Gasteiger partial charge in [-0.1, -0.05) is 0 Å². The number of rotatable bonds is 4. The molecule has 0 aliphatic heterocycles. The van der Waals surface area contributed by atoms with Gasteiger partial charge in [-0.05, 0) is 25.1 Å². The van der Waals surface area contributed by atoms with Crippen LogP contribution < -0.4 is 10.3 Å². The molecule has 4 aromatic rings. The first-order chi connectivity index (χ1) is 12.6. The molecule has 0 fully saturated rings. The number of nitrogens with zero attached hydrogens (tertiary/aromatic N) is 4. The maximum Gasteiger partial charge on any atom is 0.266 e. The molecule has 0 saturated carbocycles. The molecular formula is C18H17N5O3. The van der Waals surface area contributed by atoms with Crippen LogP contribution in [-0.4, -0.2) is 38.6 Å². The third-order valence-electron chi connectivity index (χ3n) is 4.13. The summed E-state index contributed by atoms with van der Waals surface area (Å²) >= 11 is 0. The normalized spacial score (nSPS) is 11.3. The molecule has 0 unspecified atom stereocenters. The topological polar surface area (TPSA) is 94.9 Å². The molecule has 0 atom stereocenters. The van der Waals surface area contributed by atoms with Crippen LogP contribution in [0.25, 0.3) is 33.3 Å². The van der Waals surface area contributed by atoms with E-state index in [2.05, 4.69) is 20.1 Å². The fourth-order valence-corrected chi connectivity index (χ4v) is 3.01. The number of benzene rings is 1. The lowest BCUT2D eigenvalue weighted by molar-refractivity contribution is 0.0511. The van der Waals surface area contributed by atoms with E-state index in [1.54, 1.807) is 17.9 Å². The van der Waals surface area contributed by atoms with Crippen LogP contribution in [0.15, 0.2) is 35.4 Å². The first-order valence-corrected chi connectivity index (χ1v) is 8.02. The van der Waals surface area contributed by atoms with Gasteiger partial charge >= 0.3 is 0 Å². The Bertz CT molecular complexity index is 1180. The zero-order valence-electron chi connectivity index (χ0n) is 14.6. The highest BCUT2D eigenvalue weighted by Crippen LogP contribution is 2.37. The Morgan fingerprint density at radius 3 is 2.96 bits per heavy atom. The fraction of sp³-hybridized carbons (Fsp3) is 0.222. The highest BCUT2D eigenvalue weighted by molar-refractivity contribution is 5.91. The van der Waals surface area contributed by atoms with Crippen molar-refractivity contribution in [1.82, 2.24) is 24.7 Å². The van der Waals surface area contributed by atoms with Crippen LogP contribution in [0.1, 0.15) is 5.56 Å². The van der Waals surface area contributed by atoms with Gasteiger partial charge in [-0.25, -0.2) is 9.97 Å². The molecule has 0 aliphatic carbocycles. The first-order valence-electron chi connectivity index (χ1n) is 8.02. The molecule has 0 radical (unpaired) electrons. The van der Waals surface area contributed by atoms with Gasteiger partial charge in [0.25, 0.3) is 5.56 Å². The summed E-state index contributed by atoms with van der Waals surface area (Å²) in [5, 5.41) is 5.49. The Morgan fingerprint density at radius 2 is 2.15 bits per heavy atom. The van der Waals surface area contributed by atoms with Crippen molar-refractivity contribution in [1.29, 1.82) is 0 Å². The molecule has 4 rings (SSSR count). The quantitative estimate of drug-likeness (QED) is 0.566. The summed E-state index contributed by atoms with van der Waals surface area (Å²) in [4.78, 5) is 22.8. The molecule has 0 aliphatic rings. The monoisotopic (exact) mass is 351 g/mol. The van der Waals surface area contributed by atoms with E-state index in [9.17, 15) is 4.79 Å². The zero-order valence-corrected chi connectivity index (χ0v) is 14.6. The number of H-pyrrole nitrogens is 1. The van der Waals surface area contributed by atoms with Crippen molar-refractivity contribution >= 4 is 22.1 Å². The molecule has 0 amide bonds. The van der Waals surface area contributed by atoms with Gasteiger partial charge in [0, 0.05) is 36.9 Å². The van der Waals surface area contributed by atoms with Gasteiger partial charge in [0.2, 0.25) is 0 Å². The molecule has 26 heavy (non-hydrogen) atoms. The number of ether oxygens (including phenoxy) is 2. The Morgan fingerprint density at radius 1 is 1.31 bits per heavy atom. The van der Waals surface area contributed by atoms with E-state index >= 15 is 0 Å². The maximum absolute atomic E-state index is 11.4. The van der Waals surface area contributed by atoms with Crippen molar-refractivity contribution < 1.29 is 9.47 Å². The van der Waals surface area contributed by atoms with Crippen molar-refractivity contribution in [3.05, 3.63) is 46.5 Å². The van der Waals surface area contributed by atoms with Gasteiger partial charge in [0.15, 0.2) is 12.4 Å². The first kappa shape index (κ1) is 16.2. The van der Waals surface area contributed by atoms with E-state index in [-0.39, 0.29) is 12.4 Å². The lowest BCUT2D eigenvalue weighted by atomic mass is 10.0. The second-order valence-corrected chi connectivity index (χ2v) is 5.98. The van der Waals surface area contributed by atoms with E-state index < -0.39 is 0 Å². The van der Waals surface area contributed by atoms with Gasteiger partial charge in [0.1, 0.15) is 5.75 Å². The summed E-state index contributed by atoms with van der Waals surface area (Å²) in [6, 6.07) is 5.60. The third-order valence-corrected chi connectivity index (χ3v) is 4.13. The van der Waals surface area contributed by atoms with Crippen molar-refractivity contribution in [3.63, 3.8) is 0 Å². The molecule has 1 N–H and O–H groups in total. The van der Waals surface area contributed by atoms with Crippen LogP contribution in [0, 0.1) is 6.92 Å². The van der Waals surface area contributed by atoms with Crippen molar-refractivity contribution in [3.8, 4) is 17.0 Å². The van der Waals surface area contributed by atoms with Gasteiger partial charge in [-0.15, -0.1) is 0 Å². The number of hydrogen-bond acceptors (Lipinski definition) is 6. The Labute approximate surface area is 148 Å². The van der Waals surface area contributed by atoms with Crippen molar-refractivity contribution in [2.24, 2.45) is 7.05 Å². The Hall–Kier alpha value is -3.26. The van der Waals surface area contributed by atoms with E-state index in [4.69, 9.17) is 9.47 Å². The van der Waals surface area contributed by atoms with E-state index in [1.807, 2.05) is 32.3 Å². The number of aromatic amines is 1. The number of methoxy groups -OCH3 is 1. The molecule has 0 saturated heterocycles. The van der Waals surface area contributed by atoms with Crippen LogP contribution in [0.5, 0.6) is 5.75 Å². The predicted octanol–water partition coefficient (Wildman–Crippen LogP) is 2.16. The largest absolute Gasteiger partial charge is 0.466 e. The molecule has 8 heteroatoms. The number of aromatic nitrogens is 5. The predicted molar refractivity (Wildman–Crippen MR) is 97.1 cm³/mol. The molecular weight excluding hydrogens is 334 g/mol. The Kier molecular flexibility index (Phi) is 3.89. The zero-order chi connectivity index (χ0) is 18.3. The maximum atomic E-state index is 11.4. The molecule has 8 nitrogen and oxygen atoms in total. The molecule has 3 aromatic heterocycles. The summed E-state index contributed by atoms with van der Waals surface area (Å²) in [5.41, 5.74) is 4.07. The molecule has 132 valence electrons. The van der Waals surface area contributed by atoms with Crippen LogP contribution in [0.2, 0.25) is 0 Å². The minimum Gasteiger partial charge on any atom is -0.466 e. The van der Waals surface area contributed by atoms with Gasteiger partial charge < -0.3 is 14.5 Å². The van der Waals surface area contributed by atoms with Crippen LogP contribution >= 0.6 is 0 Å². The number of pyridine rings is 1. The number of nitrogens with one attached hydrogen (secondary N) is 1. The van der Waals surface area contributed by atoms with Crippen LogP contribution in [0.4, 0.5) is 0 Å². The van der Waals surface area contributed by atoms with Crippen LogP contribution in [0.3, 0.4) is 0 Å². The summed E-state index contributed by atoms with van der Waals surface area (Å²) < 4.78 is 12.7. The third kappa shape index (κ3) is 2.70. The molecule has 3 heterocycles.